The number of amidine groups is 1. The Bertz CT molecular complexity index is 2130. The number of aliphatic imine (C=N–C) groups is 1. The molecule has 0 saturated carbocycles. The first-order chi connectivity index (χ1) is 29.5. The molecule has 1 atom stereocenters. The zero-order valence-electron chi connectivity index (χ0n) is 33.8. The topological polar surface area (TPSA) is 112 Å². The van der Waals surface area contributed by atoms with Gasteiger partial charge in [-0.15, -0.1) is 11.8 Å². The van der Waals surface area contributed by atoms with Gasteiger partial charge in [0.05, 0.1) is 41.5 Å². The van der Waals surface area contributed by atoms with E-state index in [0.29, 0.717) is 22.7 Å². The summed E-state index contributed by atoms with van der Waals surface area (Å²) in [6.07, 6.45) is 15.6. The molecule has 1 aliphatic heterocycles. The first kappa shape index (κ1) is 48.7. The van der Waals surface area contributed by atoms with Crippen molar-refractivity contribution in [3.63, 3.8) is 0 Å². The first-order valence-electron chi connectivity index (χ1n) is 20.5. The summed E-state index contributed by atoms with van der Waals surface area (Å²) in [7, 11) is 0. The summed E-state index contributed by atoms with van der Waals surface area (Å²) in [6, 6.07) is 21.1. The third kappa shape index (κ3) is 14.3. The molecule has 0 bridgehead atoms. The number of thioether (sulfide) groups is 1. The van der Waals surface area contributed by atoms with Crippen LogP contribution in [0.1, 0.15) is 102 Å². The third-order valence-electron chi connectivity index (χ3n) is 9.89. The van der Waals surface area contributed by atoms with Crippen LogP contribution >= 0.6 is 81.4 Å². The van der Waals surface area contributed by atoms with Crippen LogP contribution in [0.15, 0.2) is 82.7 Å². The minimum Gasteiger partial charge on any atom is -0.444 e. The Kier molecular flexibility index (Phi) is 20.0. The molecule has 5 rings (SSSR count). The van der Waals surface area contributed by atoms with Crippen molar-refractivity contribution in [1.29, 1.82) is 0 Å². The third-order valence-corrected chi connectivity index (χ3v) is 13.7. The second-order valence-electron chi connectivity index (χ2n) is 14.6. The fraction of sp³-hybridized carbons (Fsp3) is 0.378. The van der Waals surface area contributed by atoms with E-state index in [1.54, 1.807) is 42.5 Å². The Hall–Kier alpha value is -3.35. The molecule has 1 unspecified atom stereocenters. The number of hydrogen-bond donors (Lipinski definition) is 3. The summed E-state index contributed by atoms with van der Waals surface area (Å²) < 4.78 is 5.45. The molecule has 1 aliphatic rings. The predicted molar refractivity (Wildman–Crippen MR) is 256 cm³/mol. The molecule has 61 heavy (non-hydrogen) atoms. The zero-order chi connectivity index (χ0) is 43.7. The molecular weight excluding hydrogens is 919 g/mol. The summed E-state index contributed by atoms with van der Waals surface area (Å²) in [5.41, 5.74) is 4.93. The van der Waals surface area contributed by atoms with Crippen molar-refractivity contribution < 1.29 is 19.1 Å². The maximum atomic E-state index is 14.4. The number of amides is 3. The smallest absolute Gasteiger partial charge is 0.411 e. The molecule has 9 nitrogen and oxygen atoms in total. The van der Waals surface area contributed by atoms with E-state index in [2.05, 4.69) is 23.0 Å². The van der Waals surface area contributed by atoms with Crippen LogP contribution in [0.4, 0.5) is 27.5 Å². The van der Waals surface area contributed by atoms with Crippen LogP contribution in [0.2, 0.25) is 30.1 Å². The number of carbonyl (C=O) groups excluding carboxylic acids is 3. The lowest BCUT2D eigenvalue weighted by Crippen LogP contribution is -2.36. The summed E-state index contributed by atoms with van der Waals surface area (Å²) >= 11 is 40.1. The van der Waals surface area contributed by atoms with Gasteiger partial charge in [-0.1, -0.05) is 196 Å². The molecule has 0 aliphatic carbocycles. The van der Waals surface area contributed by atoms with E-state index in [4.69, 9.17) is 79.3 Å². The minimum absolute atomic E-state index is 0.0419. The van der Waals surface area contributed by atoms with Crippen LogP contribution in [0.5, 0.6) is 0 Å². The van der Waals surface area contributed by atoms with E-state index in [-0.39, 0.29) is 59.9 Å². The van der Waals surface area contributed by atoms with Crippen molar-refractivity contribution in [2.24, 2.45) is 4.99 Å². The van der Waals surface area contributed by atoms with E-state index in [9.17, 15) is 14.4 Å². The fourth-order valence-corrected chi connectivity index (χ4v) is 9.15. The maximum Gasteiger partial charge on any atom is 0.411 e. The normalized spacial score (nSPS) is 14.3. The van der Waals surface area contributed by atoms with Crippen LogP contribution < -0.4 is 21.1 Å². The molecule has 1 fully saturated rings. The molecule has 0 aromatic heterocycles. The van der Waals surface area contributed by atoms with Gasteiger partial charge in [0, 0.05) is 17.0 Å². The Morgan fingerprint density at radius 2 is 1.30 bits per heavy atom. The quantitative estimate of drug-likeness (QED) is 0.0411. The van der Waals surface area contributed by atoms with Gasteiger partial charge in [0.15, 0.2) is 0 Å². The molecule has 4 aromatic rings. The molecule has 0 radical (unpaired) electrons. The van der Waals surface area contributed by atoms with E-state index in [0.717, 1.165) is 41.6 Å². The van der Waals surface area contributed by atoms with Crippen LogP contribution in [0, 0.1) is 0 Å². The molecule has 1 saturated heterocycles. The number of ether oxygens (including phenoxy) is 1. The molecule has 0 spiro atoms. The fourth-order valence-electron chi connectivity index (χ4n) is 6.61. The van der Waals surface area contributed by atoms with Gasteiger partial charge in [-0.3, -0.25) is 20.3 Å². The van der Waals surface area contributed by atoms with Gasteiger partial charge in [-0.05, 0) is 42.3 Å². The van der Waals surface area contributed by atoms with E-state index in [1.165, 1.54) is 64.2 Å². The van der Waals surface area contributed by atoms with Gasteiger partial charge in [0.1, 0.15) is 23.4 Å². The van der Waals surface area contributed by atoms with Gasteiger partial charge in [0.25, 0.3) is 5.91 Å². The van der Waals surface area contributed by atoms with E-state index >= 15 is 0 Å². The first-order valence-corrected chi connectivity index (χ1v) is 23.7. The predicted octanol–water partition coefficient (Wildman–Crippen LogP) is 15.5. The Morgan fingerprint density at radius 3 is 1.93 bits per heavy atom. The average molecular weight is 969 g/mol. The molecule has 4 aromatic carbocycles. The van der Waals surface area contributed by atoms with Crippen molar-refractivity contribution in [2.45, 2.75) is 114 Å². The highest BCUT2D eigenvalue weighted by Gasteiger charge is 2.42. The highest BCUT2D eigenvalue weighted by atomic mass is 35.5. The maximum absolute atomic E-state index is 14.4. The molecule has 326 valence electrons. The van der Waals surface area contributed by atoms with Crippen molar-refractivity contribution >= 4 is 128 Å². The van der Waals surface area contributed by atoms with Crippen LogP contribution in [-0.4, -0.2) is 29.0 Å². The van der Waals surface area contributed by atoms with Crippen LogP contribution in [0.25, 0.3) is 0 Å². The summed E-state index contributed by atoms with van der Waals surface area (Å²) in [4.78, 5) is 45.6. The molecular formula is C45H49Cl6N5O4S. The number of nitrogens with zero attached hydrogens (tertiary/aromatic N) is 2. The minimum atomic E-state index is -1.08. The molecule has 16 heteroatoms. The highest BCUT2D eigenvalue weighted by Crippen LogP contribution is 2.49. The Morgan fingerprint density at radius 1 is 0.721 bits per heavy atom. The number of benzene rings is 4. The van der Waals surface area contributed by atoms with Crippen LogP contribution in [0.3, 0.4) is 0 Å². The summed E-state index contributed by atoms with van der Waals surface area (Å²) in [5.74, 6) is -0.546. The van der Waals surface area contributed by atoms with Crippen molar-refractivity contribution in [3.05, 3.63) is 108 Å². The van der Waals surface area contributed by atoms with Gasteiger partial charge >= 0.3 is 6.09 Å². The zero-order valence-corrected chi connectivity index (χ0v) is 39.2. The number of halogens is 6. The monoisotopic (exact) mass is 965 g/mol. The molecule has 1 heterocycles. The lowest BCUT2D eigenvalue weighted by molar-refractivity contribution is -0.117. The number of rotatable bonds is 22. The number of unbranched alkanes of at least 4 members (excludes halogenated alkanes) is 12. The van der Waals surface area contributed by atoms with Gasteiger partial charge in [-0.2, -0.15) is 0 Å². The van der Waals surface area contributed by atoms with Gasteiger partial charge in [-0.25, -0.2) is 14.8 Å². The second kappa shape index (κ2) is 25.1. The van der Waals surface area contributed by atoms with Crippen molar-refractivity contribution in [2.75, 3.05) is 15.6 Å². The van der Waals surface area contributed by atoms with Gasteiger partial charge in [0.2, 0.25) is 5.91 Å². The number of hydrazine groups is 1. The van der Waals surface area contributed by atoms with Crippen molar-refractivity contribution in [3.8, 4) is 0 Å². The second-order valence-corrected chi connectivity index (χ2v) is 18.0. The standard InChI is InChI=1S/C45H49Cl6N5O4S/c1-2-3-4-5-6-7-8-9-10-11-12-13-17-24-35(57)52-30-25-26-31(46)33(27-30)53-43-42(44(58)56(55-43)41-39(50)37(48)36(47)38(49)40(41)51)61-34-23-19-18-22-32(34)54-45(59)60-28-29-20-15-14-16-21-29/h14-16,18-23,25-27,42H,2-13,17,24,28H2,1H3,(H,52,57)(H,53,55)(H,54,59). The number of para-hydroxylation sites is 1. The number of hydrogen-bond acceptors (Lipinski definition) is 6. The van der Waals surface area contributed by atoms with Crippen LogP contribution in [-0.2, 0) is 20.9 Å². The number of nitrogens with one attached hydrogen (secondary N) is 3. The summed E-state index contributed by atoms with van der Waals surface area (Å²) in [5, 5.41) is 5.46. The molecule has 3 amide bonds. The average Bonchev–Trinajstić information content (AvgIpc) is 3.55. The van der Waals surface area contributed by atoms with E-state index < -0.39 is 17.3 Å². The lowest BCUT2D eigenvalue weighted by Gasteiger charge is -2.21. The molecule has 3 N–H and O–H groups in total. The highest BCUT2D eigenvalue weighted by molar-refractivity contribution is 8.01. The Balaban J connectivity index is 1.28. The van der Waals surface area contributed by atoms with Crippen molar-refractivity contribution in [1.82, 2.24) is 5.43 Å². The van der Waals surface area contributed by atoms with E-state index in [1.807, 2.05) is 30.3 Å². The summed E-state index contributed by atoms with van der Waals surface area (Å²) in [6.45, 7) is 2.31. The largest absolute Gasteiger partial charge is 0.444 e. The number of anilines is 3. The lowest BCUT2D eigenvalue weighted by atomic mass is 10.0. The Labute approximate surface area is 392 Å². The number of carbonyl (C=O) groups is 3. The van der Waals surface area contributed by atoms with Gasteiger partial charge < -0.3 is 10.1 Å². The SMILES string of the molecule is CCCCCCCCCCCCCCCC(=O)Nc1ccc(Cl)c(N=C2NN(c3c(Cl)c(Cl)c(Cl)c(Cl)c3Cl)C(=O)C2Sc2ccccc2NC(=O)OCc2ccccc2)c1.